The lowest BCUT2D eigenvalue weighted by molar-refractivity contribution is -0.122. The molecule has 4 heteroatoms. The summed E-state index contributed by atoms with van der Waals surface area (Å²) in [5.74, 6) is 1.18. The highest BCUT2D eigenvalue weighted by Crippen LogP contribution is 2.28. The summed E-state index contributed by atoms with van der Waals surface area (Å²) in [5.41, 5.74) is 2.82. The second kappa shape index (κ2) is 6.52. The molecule has 0 atom stereocenters. The molecule has 1 fully saturated rings. The lowest BCUT2D eigenvalue weighted by Crippen LogP contribution is -2.27. The fraction of sp³-hybridized carbons (Fsp3) is 0.278. The van der Waals surface area contributed by atoms with Crippen LogP contribution >= 0.6 is 0 Å². The van der Waals surface area contributed by atoms with E-state index in [0.29, 0.717) is 0 Å². The number of ether oxygens (including phenoxy) is 1. The fourth-order valence-electron chi connectivity index (χ4n) is 2.39. The maximum absolute atomic E-state index is 11.9. The van der Waals surface area contributed by atoms with Crippen molar-refractivity contribution in [3.63, 3.8) is 0 Å². The Morgan fingerprint density at radius 1 is 0.955 bits per heavy atom. The van der Waals surface area contributed by atoms with Gasteiger partial charge < -0.3 is 15.4 Å². The van der Waals surface area contributed by atoms with Gasteiger partial charge in [0.05, 0.1) is 7.11 Å². The Hall–Kier alpha value is -2.49. The van der Waals surface area contributed by atoms with Crippen LogP contribution in [0.25, 0.3) is 0 Å². The lowest BCUT2D eigenvalue weighted by Gasteiger charge is -2.24. The minimum Gasteiger partial charge on any atom is -0.497 e. The zero-order valence-electron chi connectivity index (χ0n) is 12.6. The molecule has 1 aliphatic carbocycles. The second-order valence-corrected chi connectivity index (χ2v) is 5.55. The second-order valence-electron chi connectivity index (χ2n) is 5.55. The number of carbonyl (C=O) groups excluding carboxylic acids is 1. The van der Waals surface area contributed by atoms with Crippen molar-refractivity contribution in [2.24, 2.45) is 5.92 Å². The number of amides is 1. The van der Waals surface area contributed by atoms with Crippen LogP contribution in [-0.4, -0.2) is 13.0 Å². The minimum atomic E-state index is 0.141. The summed E-state index contributed by atoms with van der Waals surface area (Å²) in [7, 11) is 1.65. The highest BCUT2D eigenvalue weighted by molar-refractivity contribution is 5.93. The molecule has 22 heavy (non-hydrogen) atoms. The quantitative estimate of drug-likeness (QED) is 0.870. The Morgan fingerprint density at radius 2 is 1.50 bits per heavy atom. The van der Waals surface area contributed by atoms with Crippen LogP contribution in [0.1, 0.15) is 19.3 Å². The molecule has 0 radical (unpaired) electrons. The third-order valence-electron chi connectivity index (χ3n) is 4.01. The van der Waals surface area contributed by atoms with Crippen molar-refractivity contribution in [2.45, 2.75) is 19.3 Å². The maximum atomic E-state index is 11.9. The molecule has 0 heterocycles. The molecule has 0 spiro atoms. The largest absolute Gasteiger partial charge is 0.497 e. The van der Waals surface area contributed by atoms with Crippen molar-refractivity contribution in [1.29, 1.82) is 0 Å². The third kappa shape index (κ3) is 3.39. The number of benzene rings is 2. The lowest BCUT2D eigenvalue weighted by atomic mass is 9.85. The molecule has 0 saturated heterocycles. The van der Waals surface area contributed by atoms with Crippen molar-refractivity contribution in [3.05, 3.63) is 48.5 Å². The first-order valence-electron chi connectivity index (χ1n) is 7.56. The van der Waals surface area contributed by atoms with Gasteiger partial charge in [0.2, 0.25) is 5.91 Å². The summed E-state index contributed by atoms with van der Waals surface area (Å²) in [5, 5.41) is 6.28. The maximum Gasteiger partial charge on any atom is 0.227 e. The fourth-order valence-corrected chi connectivity index (χ4v) is 2.39. The third-order valence-corrected chi connectivity index (χ3v) is 4.01. The van der Waals surface area contributed by atoms with Crippen LogP contribution in [0.2, 0.25) is 0 Å². The van der Waals surface area contributed by atoms with E-state index in [1.54, 1.807) is 7.11 Å². The van der Waals surface area contributed by atoms with Gasteiger partial charge in [-0.3, -0.25) is 4.79 Å². The van der Waals surface area contributed by atoms with Gasteiger partial charge in [0, 0.05) is 23.0 Å². The van der Waals surface area contributed by atoms with Crippen LogP contribution in [0, 0.1) is 5.92 Å². The molecule has 2 N–H and O–H groups in total. The minimum absolute atomic E-state index is 0.141. The van der Waals surface area contributed by atoms with Crippen LogP contribution in [0.15, 0.2) is 48.5 Å². The van der Waals surface area contributed by atoms with Crippen molar-refractivity contribution in [2.75, 3.05) is 17.7 Å². The van der Waals surface area contributed by atoms with Crippen molar-refractivity contribution >= 4 is 23.0 Å². The number of hydrogen-bond acceptors (Lipinski definition) is 3. The predicted molar refractivity (Wildman–Crippen MR) is 88.7 cm³/mol. The number of carbonyl (C=O) groups is 1. The number of hydrogen-bond donors (Lipinski definition) is 2. The Bertz CT molecular complexity index is 631. The monoisotopic (exact) mass is 296 g/mol. The Morgan fingerprint density at radius 3 is 2.00 bits per heavy atom. The van der Waals surface area contributed by atoms with Crippen molar-refractivity contribution in [3.8, 4) is 5.75 Å². The molecule has 1 saturated carbocycles. The van der Waals surface area contributed by atoms with E-state index in [4.69, 9.17) is 4.74 Å². The Balaban J connectivity index is 1.59. The van der Waals surface area contributed by atoms with Gasteiger partial charge in [0.1, 0.15) is 5.75 Å². The zero-order chi connectivity index (χ0) is 15.4. The number of nitrogens with one attached hydrogen (secondary N) is 2. The molecule has 0 aromatic heterocycles. The molecule has 0 aliphatic heterocycles. The topological polar surface area (TPSA) is 50.4 Å². The average Bonchev–Trinajstić information content (AvgIpc) is 2.48. The molecule has 3 rings (SSSR count). The van der Waals surface area contributed by atoms with Gasteiger partial charge in [-0.05, 0) is 61.4 Å². The molecule has 1 aliphatic rings. The molecular weight excluding hydrogens is 276 g/mol. The van der Waals surface area contributed by atoms with E-state index in [1.807, 2.05) is 48.5 Å². The SMILES string of the molecule is COc1ccc(Nc2ccc(NC(=O)C3CCC3)cc2)cc1. The van der Waals surface area contributed by atoms with Gasteiger partial charge in [-0.2, -0.15) is 0 Å². The summed E-state index contributed by atoms with van der Waals surface area (Å²) < 4.78 is 5.14. The van der Waals surface area contributed by atoms with Gasteiger partial charge in [0.25, 0.3) is 0 Å². The first-order chi connectivity index (χ1) is 10.7. The van der Waals surface area contributed by atoms with Crippen molar-refractivity contribution in [1.82, 2.24) is 0 Å². The molecule has 0 unspecified atom stereocenters. The van der Waals surface area contributed by atoms with E-state index in [9.17, 15) is 4.79 Å². The van der Waals surface area contributed by atoms with Crippen LogP contribution in [0.5, 0.6) is 5.75 Å². The zero-order valence-corrected chi connectivity index (χ0v) is 12.6. The molecule has 0 bridgehead atoms. The smallest absolute Gasteiger partial charge is 0.227 e. The van der Waals surface area contributed by atoms with Crippen molar-refractivity contribution < 1.29 is 9.53 Å². The van der Waals surface area contributed by atoms with Crippen LogP contribution in [-0.2, 0) is 4.79 Å². The highest BCUT2D eigenvalue weighted by atomic mass is 16.5. The molecule has 2 aromatic carbocycles. The Labute approximate surface area is 130 Å². The molecular formula is C18H20N2O2. The normalized spacial score (nSPS) is 14.0. The molecule has 114 valence electrons. The predicted octanol–water partition coefficient (Wildman–Crippen LogP) is 4.18. The number of methoxy groups -OCH3 is 1. The van der Waals surface area contributed by atoms with Crippen LogP contribution in [0.4, 0.5) is 17.1 Å². The number of rotatable bonds is 5. The van der Waals surface area contributed by atoms with Gasteiger partial charge in [0.15, 0.2) is 0 Å². The summed E-state index contributed by atoms with van der Waals surface area (Å²) in [6.45, 7) is 0. The average molecular weight is 296 g/mol. The summed E-state index contributed by atoms with van der Waals surface area (Å²) in [6.07, 6.45) is 3.20. The van der Waals surface area contributed by atoms with E-state index >= 15 is 0 Å². The molecule has 2 aromatic rings. The molecule has 4 nitrogen and oxygen atoms in total. The van der Waals surface area contributed by atoms with E-state index in [2.05, 4.69) is 10.6 Å². The van der Waals surface area contributed by atoms with Gasteiger partial charge >= 0.3 is 0 Å². The highest BCUT2D eigenvalue weighted by Gasteiger charge is 2.24. The standard InChI is InChI=1S/C18H20N2O2/c1-22-17-11-9-15(10-12-17)19-14-5-7-16(8-6-14)20-18(21)13-3-2-4-13/h5-13,19H,2-4H2,1H3,(H,20,21). The summed E-state index contributed by atoms with van der Waals surface area (Å²) in [4.78, 5) is 11.9. The first kappa shape index (κ1) is 14.4. The molecule has 1 amide bonds. The van der Waals surface area contributed by atoms with Gasteiger partial charge in [-0.15, -0.1) is 0 Å². The number of anilines is 3. The summed E-state index contributed by atoms with van der Waals surface area (Å²) in [6, 6.07) is 15.5. The Kier molecular flexibility index (Phi) is 4.28. The first-order valence-corrected chi connectivity index (χ1v) is 7.56. The van der Waals surface area contributed by atoms with E-state index in [-0.39, 0.29) is 11.8 Å². The van der Waals surface area contributed by atoms with Gasteiger partial charge in [-0.25, -0.2) is 0 Å². The van der Waals surface area contributed by atoms with Crippen LogP contribution < -0.4 is 15.4 Å². The van der Waals surface area contributed by atoms with Crippen LogP contribution in [0.3, 0.4) is 0 Å². The van der Waals surface area contributed by atoms with E-state index < -0.39 is 0 Å². The van der Waals surface area contributed by atoms with E-state index in [0.717, 1.165) is 35.7 Å². The van der Waals surface area contributed by atoms with E-state index in [1.165, 1.54) is 6.42 Å². The van der Waals surface area contributed by atoms with Gasteiger partial charge in [-0.1, -0.05) is 6.42 Å². The summed E-state index contributed by atoms with van der Waals surface area (Å²) >= 11 is 0.